The van der Waals surface area contributed by atoms with Crippen molar-refractivity contribution in [1.82, 2.24) is 21.3 Å². The fraction of sp³-hybridized carbons (Fsp3) is 1.00. The maximum atomic E-state index is 3.54. The highest BCUT2D eigenvalue weighted by atomic mass is 14.9. The standard InChI is InChI=1S/C16H36N4/c1-2-17-11-5-12-19-14-6-13-18-9-3-4-10-20-15-16-7-8-16/h16-20H,2-15H2,1H3. The molecule has 20 heavy (non-hydrogen) atoms. The molecule has 0 radical (unpaired) electrons. The molecule has 1 aliphatic carbocycles. The van der Waals surface area contributed by atoms with Crippen LogP contribution in [0.3, 0.4) is 0 Å². The minimum atomic E-state index is 1.01. The average Bonchev–Trinajstić information content (AvgIpc) is 3.27. The molecule has 0 aliphatic heterocycles. The first kappa shape index (κ1) is 17.9. The van der Waals surface area contributed by atoms with Gasteiger partial charge < -0.3 is 21.3 Å². The summed E-state index contributed by atoms with van der Waals surface area (Å²) >= 11 is 0. The molecule has 0 bridgehead atoms. The summed E-state index contributed by atoms with van der Waals surface area (Å²) in [5, 5.41) is 13.9. The molecule has 1 saturated carbocycles. The van der Waals surface area contributed by atoms with E-state index in [1.807, 2.05) is 0 Å². The average molecular weight is 284 g/mol. The SMILES string of the molecule is CCNCCCNCCCNCCCCNCC1CC1. The van der Waals surface area contributed by atoms with Gasteiger partial charge in [-0.1, -0.05) is 6.92 Å². The van der Waals surface area contributed by atoms with E-state index in [9.17, 15) is 0 Å². The largest absolute Gasteiger partial charge is 0.317 e. The molecular weight excluding hydrogens is 248 g/mol. The number of rotatable bonds is 16. The van der Waals surface area contributed by atoms with Crippen LogP contribution in [0.4, 0.5) is 0 Å². The van der Waals surface area contributed by atoms with Crippen LogP contribution in [0.15, 0.2) is 0 Å². The number of hydrogen-bond acceptors (Lipinski definition) is 4. The number of hydrogen-bond donors (Lipinski definition) is 4. The lowest BCUT2D eigenvalue weighted by molar-refractivity contribution is 0.545. The molecule has 4 nitrogen and oxygen atoms in total. The third kappa shape index (κ3) is 12.9. The summed E-state index contributed by atoms with van der Waals surface area (Å²) in [6, 6.07) is 0. The highest BCUT2D eigenvalue weighted by Crippen LogP contribution is 2.27. The molecule has 1 aliphatic rings. The van der Waals surface area contributed by atoms with Crippen LogP contribution >= 0.6 is 0 Å². The first-order chi connectivity index (χ1) is 9.93. The molecule has 0 heterocycles. The van der Waals surface area contributed by atoms with Gasteiger partial charge in [-0.3, -0.25) is 0 Å². The summed E-state index contributed by atoms with van der Waals surface area (Å²) in [7, 11) is 0. The zero-order valence-corrected chi connectivity index (χ0v) is 13.5. The Morgan fingerprint density at radius 2 is 1.15 bits per heavy atom. The van der Waals surface area contributed by atoms with Gasteiger partial charge in [0.05, 0.1) is 0 Å². The van der Waals surface area contributed by atoms with E-state index in [1.165, 1.54) is 58.2 Å². The molecule has 0 amide bonds. The molecule has 1 fully saturated rings. The van der Waals surface area contributed by atoms with Crippen LogP contribution < -0.4 is 21.3 Å². The van der Waals surface area contributed by atoms with Crippen molar-refractivity contribution in [2.45, 2.75) is 45.4 Å². The van der Waals surface area contributed by atoms with Gasteiger partial charge in [0.15, 0.2) is 0 Å². The lowest BCUT2D eigenvalue weighted by atomic mass is 10.3. The lowest BCUT2D eigenvalue weighted by Gasteiger charge is -2.07. The Morgan fingerprint density at radius 1 is 0.650 bits per heavy atom. The van der Waals surface area contributed by atoms with Crippen molar-refractivity contribution in [2.75, 3.05) is 52.4 Å². The van der Waals surface area contributed by atoms with Crippen molar-refractivity contribution >= 4 is 0 Å². The van der Waals surface area contributed by atoms with Gasteiger partial charge in [-0.05, 0) is 96.8 Å². The van der Waals surface area contributed by atoms with Gasteiger partial charge in [0.2, 0.25) is 0 Å². The second-order valence-electron chi connectivity index (χ2n) is 5.92. The van der Waals surface area contributed by atoms with Gasteiger partial charge in [0, 0.05) is 0 Å². The third-order valence-electron chi connectivity index (χ3n) is 3.75. The Kier molecular flexibility index (Phi) is 12.3. The van der Waals surface area contributed by atoms with Crippen LogP contribution in [0.25, 0.3) is 0 Å². The first-order valence-electron chi connectivity index (χ1n) is 8.76. The van der Waals surface area contributed by atoms with Crippen LogP contribution in [0.5, 0.6) is 0 Å². The van der Waals surface area contributed by atoms with Crippen LogP contribution in [-0.2, 0) is 0 Å². The molecule has 4 heteroatoms. The van der Waals surface area contributed by atoms with E-state index in [1.54, 1.807) is 0 Å². The topological polar surface area (TPSA) is 48.1 Å². The van der Waals surface area contributed by atoms with E-state index < -0.39 is 0 Å². The lowest BCUT2D eigenvalue weighted by Crippen LogP contribution is -2.26. The predicted molar refractivity (Wildman–Crippen MR) is 88.3 cm³/mol. The van der Waals surface area contributed by atoms with Gasteiger partial charge in [-0.15, -0.1) is 0 Å². The van der Waals surface area contributed by atoms with Gasteiger partial charge in [-0.2, -0.15) is 0 Å². The summed E-state index contributed by atoms with van der Waals surface area (Å²) in [5.41, 5.74) is 0. The molecule has 0 aromatic carbocycles. The maximum Gasteiger partial charge on any atom is -0.00205 e. The zero-order valence-electron chi connectivity index (χ0n) is 13.5. The first-order valence-corrected chi connectivity index (χ1v) is 8.76. The Morgan fingerprint density at radius 3 is 1.70 bits per heavy atom. The molecule has 4 N–H and O–H groups in total. The Hall–Kier alpha value is -0.160. The molecule has 120 valence electrons. The molecule has 0 aromatic rings. The van der Waals surface area contributed by atoms with Crippen molar-refractivity contribution in [3.05, 3.63) is 0 Å². The fourth-order valence-electron chi connectivity index (χ4n) is 2.23. The smallest absolute Gasteiger partial charge is 0.00205 e. The normalized spacial score (nSPS) is 14.8. The third-order valence-corrected chi connectivity index (χ3v) is 3.75. The van der Waals surface area contributed by atoms with Crippen molar-refractivity contribution in [2.24, 2.45) is 5.92 Å². The van der Waals surface area contributed by atoms with E-state index in [4.69, 9.17) is 0 Å². The van der Waals surface area contributed by atoms with Crippen LogP contribution in [-0.4, -0.2) is 52.4 Å². The Balaban J connectivity index is 1.60. The van der Waals surface area contributed by atoms with Crippen LogP contribution in [0.2, 0.25) is 0 Å². The maximum absolute atomic E-state index is 3.54. The zero-order chi connectivity index (χ0) is 14.3. The van der Waals surface area contributed by atoms with Gasteiger partial charge in [-0.25, -0.2) is 0 Å². The molecule has 0 aromatic heterocycles. The highest BCUT2D eigenvalue weighted by Gasteiger charge is 2.19. The monoisotopic (exact) mass is 284 g/mol. The van der Waals surface area contributed by atoms with Crippen molar-refractivity contribution in [3.63, 3.8) is 0 Å². The molecule has 0 atom stereocenters. The molecule has 1 rings (SSSR count). The van der Waals surface area contributed by atoms with Gasteiger partial charge in [0.25, 0.3) is 0 Å². The van der Waals surface area contributed by atoms with Crippen molar-refractivity contribution in [3.8, 4) is 0 Å². The summed E-state index contributed by atoms with van der Waals surface area (Å²) in [6.07, 6.45) is 7.99. The second kappa shape index (κ2) is 13.8. The van der Waals surface area contributed by atoms with E-state index in [0.29, 0.717) is 0 Å². The molecular formula is C16H36N4. The highest BCUT2D eigenvalue weighted by molar-refractivity contribution is 4.74. The second-order valence-corrected chi connectivity index (χ2v) is 5.92. The Bertz CT molecular complexity index is 195. The van der Waals surface area contributed by atoms with Crippen LogP contribution in [0, 0.1) is 5.92 Å². The summed E-state index contributed by atoms with van der Waals surface area (Å²) in [5.74, 6) is 1.01. The molecule has 0 saturated heterocycles. The van der Waals surface area contributed by atoms with Gasteiger partial charge >= 0.3 is 0 Å². The molecule has 0 unspecified atom stereocenters. The predicted octanol–water partition coefficient (Wildman–Crippen LogP) is 1.34. The quantitative estimate of drug-likeness (QED) is 0.323. The minimum absolute atomic E-state index is 1.01. The summed E-state index contributed by atoms with van der Waals surface area (Å²) in [6.45, 7) is 11.4. The van der Waals surface area contributed by atoms with E-state index in [0.717, 1.165) is 38.6 Å². The van der Waals surface area contributed by atoms with E-state index >= 15 is 0 Å². The number of nitrogens with one attached hydrogen (secondary N) is 4. The number of unbranched alkanes of at least 4 members (excludes halogenated alkanes) is 1. The minimum Gasteiger partial charge on any atom is -0.317 e. The van der Waals surface area contributed by atoms with Crippen molar-refractivity contribution in [1.29, 1.82) is 0 Å². The van der Waals surface area contributed by atoms with E-state index in [-0.39, 0.29) is 0 Å². The summed E-state index contributed by atoms with van der Waals surface area (Å²) in [4.78, 5) is 0. The Labute approximate surface area is 125 Å². The van der Waals surface area contributed by atoms with E-state index in [2.05, 4.69) is 28.2 Å². The van der Waals surface area contributed by atoms with Gasteiger partial charge in [0.1, 0.15) is 0 Å². The van der Waals surface area contributed by atoms with Crippen LogP contribution in [0.1, 0.15) is 45.4 Å². The van der Waals surface area contributed by atoms with Crippen molar-refractivity contribution < 1.29 is 0 Å². The molecule has 0 spiro atoms. The summed E-state index contributed by atoms with van der Waals surface area (Å²) < 4.78 is 0. The fourth-order valence-corrected chi connectivity index (χ4v) is 2.23.